The lowest BCUT2D eigenvalue weighted by molar-refractivity contribution is -0.123. The first kappa shape index (κ1) is 23.9. The molecule has 8 nitrogen and oxygen atoms in total. The fourth-order valence-corrected chi connectivity index (χ4v) is 2.90. The third kappa shape index (κ3) is 7.79. The molecule has 0 atom stereocenters. The van der Waals surface area contributed by atoms with Gasteiger partial charge in [-0.1, -0.05) is 23.7 Å². The van der Waals surface area contributed by atoms with Crippen LogP contribution < -0.4 is 25.6 Å². The van der Waals surface area contributed by atoms with E-state index in [1.807, 2.05) is 0 Å². The summed E-state index contributed by atoms with van der Waals surface area (Å²) in [6, 6.07) is 11.6. The van der Waals surface area contributed by atoms with Gasteiger partial charge < -0.3 is 14.2 Å². The SMILES string of the molecule is COCCOc1ccc(C(=O)NC(=S)NNC(=O)COc2ccccc2Cl)cc1Br. The first-order valence-electron chi connectivity index (χ1n) is 8.59. The number of carbonyl (C=O) groups is 2. The highest BCUT2D eigenvalue weighted by Gasteiger charge is 2.12. The Morgan fingerprint density at radius 1 is 1.07 bits per heavy atom. The van der Waals surface area contributed by atoms with E-state index in [1.165, 1.54) is 0 Å². The van der Waals surface area contributed by atoms with Crippen molar-refractivity contribution in [3.63, 3.8) is 0 Å². The summed E-state index contributed by atoms with van der Waals surface area (Å²) in [5.74, 6) is -0.00876. The van der Waals surface area contributed by atoms with Crippen LogP contribution in [0.15, 0.2) is 46.9 Å². The van der Waals surface area contributed by atoms with Crippen molar-refractivity contribution < 1.29 is 23.8 Å². The molecule has 0 aliphatic heterocycles. The second-order valence-corrected chi connectivity index (χ2v) is 7.33. The van der Waals surface area contributed by atoms with Gasteiger partial charge >= 0.3 is 0 Å². The lowest BCUT2D eigenvalue weighted by Gasteiger charge is -2.12. The Balaban J connectivity index is 1.77. The molecule has 0 radical (unpaired) electrons. The summed E-state index contributed by atoms with van der Waals surface area (Å²) in [5.41, 5.74) is 5.10. The average Bonchev–Trinajstić information content (AvgIpc) is 2.73. The number of hydrazine groups is 1. The van der Waals surface area contributed by atoms with E-state index in [0.717, 1.165) is 0 Å². The van der Waals surface area contributed by atoms with Gasteiger partial charge in [-0.15, -0.1) is 0 Å². The summed E-state index contributed by atoms with van der Waals surface area (Å²) in [5, 5.41) is 2.77. The number of nitrogens with one attached hydrogen (secondary N) is 3. The van der Waals surface area contributed by atoms with Gasteiger partial charge in [0.05, 0.1) is 16.1 Å². The van der Waals surface area contributed by atoms with Crippen LogP contribution in [0.1, 0.15) is 10.4 Å². The molecule has 0 fully saturated rings. The molecule has 3 N–H and O–H groups in total. The third-order valence-electron chi connectivity index (χ3n) is 3.48. The molecule has 160 valence electrons. The number of amides is 2. The summed E-state index contributed by atoms with van der Waals surface area (Å²) in [4.78, 5) is 24.1. The third-order valence-corrected chi connectivity index (χ3v) is 4.61. The van der Waals surface area contributed by atoms with E-state index in [2.05, 4.69) is 32.1 Å². The van der Waals surface area contributed by atoms with Crippen molar-refractivity contribution in [1.82, 2.24) is 16.2 Å². The summed E-state index contributed by atoms with van der Waals surface area (Å²) < 4.78 is 16.3. The molecule has 11 heteroatoms. The zero-order valence-corrected chi connectivity index (χ0v) is 19.0. The van der Waals surface area contributed by atoms with Crippen LogP contribution in [0.25, 0.3) is 0 Å². The molecule has 30 heavy (non-hydrogen) atoms. The van der Waals surface area contributed by atoms with Crippen LogP contribution in [-0.2, 0) is 9.53 Å². The fourth-order valence-electron chi connectivity index (χ4n) is 2.07. The lowest BCUT2D eigenvalue weighted by atomic mass is 10.2. The Kier molecular flexibility index (Phi) is 9.81. The van der Waals surface area contributed by atoms with Crippen LogP contribution in [0.2, 0.25) is 5.02 Å². The zero-order valence-electron chi connectivity index (χ0n) is 15.9. The highest BCUT2D eigenvalue weighted by atomic mass is 79.9. The van der Waals surface area contributed by atoms with Gasteiger partial charge in [-0.05, 0) is 58.5 Å². The van der Waals surface area contributed by atoms with Gasteiger partial charge in [-0.2, -0.15) is 0 Å². The smallest absolute Gasteiger partial charge is 0.276 e. The van der Waals surface area contributed by atoms with Gasteiger partial charge in [0.2, 0.25) is 0 Å². The molecule has 0 saturated carbocycles. The number of rotatable bonds is 8. The molecule has 0 unspecified atom stereocenters. The van der Waals surface area contributed by atoms with Crippen molar-refractivity contribution in [1.29, 1.82) is 0 Å². The molecule has 0 heterocycles. The van der Waals surface area contributed by atoms with Crippen LogP contribution >= 0.6 is 39.7 Å². The van der Waals surface area contributed by atoms with E-state index >= 15 is 0 Å². The van der Waals surface area contributed by atoms with Crippen molar-refractivity contribution >= 4 is 56.7 Å². The highest BCUT2D eigenvalue weighted by molar-refractivity contribution is 9.10. The minimum absolute atomic E-state index is 0.0809. The van der Waals surface area contributed by atoms with Crippen molar-refractivity contribution in [2.45, 2.75) is 0 Å². The predicted molar refractivity (Wildman–Crippen MR) is 120 cm³/mol. The number of hydrogen-bond acceptors (Lipinski definition) is 6. The topological polar surface area (TPSA) is 97.9 Å². The number of benzene rings is 2. The zero-order chi connectivity index (χ0) is 21.9. The Morgan fingerprint density at radius 2 is 1.83 bits per heavy atom. The van der Waals surface area contributed by atoms with Crippen molar-refractivity contribution in [3.8, 4) is 11.5 Å². The lowest BCUT2D eigenvalue weighted by Crippen LogP contribution is -2.49. The number of halogens is 2. The first-order chi connectivity index (χ1) is 14.4. The minimum Gasteiger partial charge on any atom is -0.490 e. The van der Waals surface area contributed by atoms with Crippen LogP contribution in [0.3, 0.4) is 0 Å². The van der Waals surface area contributed by atoms with Gasteiger partial charge in [0.1, 0.15) is 18.1 Å². The fraction of sp³-hybridized carbons (Fsp3) is 0.211. The van der Waals surface area contributed by atoms with Crippen LogP contribution in [0, 0.1) is 0 Å². The molecule has 2 aromatic rings. The number of carbonyl (C=O) groups excluding carboxylic acids is 2. The number of para-hydroxylation sites is 1. The Labute approximate surface area is 192 Å². The van der Waals surface area contributed by atoms with Crippen molar-refractivity contribution in [2.75, 3.05) is 26.9 Å². The van der Waals surface area contributed by atoms with E-state index in [9.17, 15) is 9.59 Å². The second kappa shape index (κ2) is 12.3. The number of hydrogen-bond donors (Lipinski definition) is 3. The monoisotopic (exact) mass is 515 g/mol. The first-order valence-corrected chi connectivity index (χ1v) is 10.2. The van der Waals surface area contributed by atoms with Gasteiger partial charge in [-0.25, -0.2) is 0 Å². The predicted octanol–water partition coefficient (Wildman–Crippen LogP) is 2.84. The number of methoxy groups -OCH3 is 1. The molecular formula is C19H19BrClN3O5S. The van der Waals surface area contributed by atoms with Crippen LogP contribution in [0.4, 0.5) is 0 Å². The molecule has 0 spiro atoms. The molecule has 0 bridgehead atoms. The summed E-state index contributed by atoms with van der Waals surface area (Å²) in [6.45, 7) is 0.545. The van der Waals surface area contributed by atoms with E-state index in [-0.39, 0.29) is 11.7 Å². The van der Waals surface area contributed by atoms with Crippen molar-refractivity contribution in [2.24, 2.45) is 0 Å². The van der Waals surface area contributed by atoms with E-state index in [0.29, 0.717) is 39.8 Å². The molecule has 2 aromatic carbocycles. The molecule has 0 saturated heterocycles. The summed E-state index contributed by atoms with van der Waals surface area (Å²) >= 11 is 14.3. The standard InChI is InChI=1S/C19H19BrClN3O5S/c1-27-8-9-28-15-7-6-12(10-13(15)20)18(26)22-19(30)24-23-17(25)11-29-16-5-3-2-4-14(16)21/h2-7,10H,8-9,11H2,1H3,(H,23,25)(H2,22,24,26,30). The quantitative estimate of drug-likeness (QED) is 0.282. The molecule has 2 amide bonds. The van der Waals surface area contributed by atoms with Crippen LogP contribution in [0.5, 0.6) is 11.5 Å². The average molecular weight is 517 g/mol. The van der Waals surface area contributed by atoms with E-state index < -0.39 is 11.8 Å². The summed E-state index contributed by atoms with van der Waals surface area (Å²) in [7, 11) is 1.58. The molecule has 0 aromatic heterocycles. The maximum Gasteiger partial charge on any atom is 0.276 e. The van der Waals surface area contributed by atoms with E-state index in [1.54, 1.807) is 49.6 Å². The van der Waals surface area contributed by atoms with Gasteiger partial charge in [0, 0.05) is 12.7 Å². The maximum atomic E-state index is 12.3. The Bertz CT molecular complexity index is 915. The Morgan fingerprint density at radius 3 is 2.53 bits per heavy atom. The second-order valence-electron chi connectivity index (χ2n) is 5.66. The summed E-state index contributed by atoms with van der Waals surface area (Å²) in [6.07, 6.45) is 0. The minimum atomic E-state index is -0.508. The molecule has 0 aliphatic carbocycles. The maximum absolute atomic E-state index is 12.3. The molecular weight excluding hydrogens is 498 g/mol. The largest absolute Gasteiger partial charge is 0.490 e. The van der Waals surface area contributed by atoms with E-state index in [4.69, 9.17) is 38.0 Å². The number of thiocarbonyl (C=S) groups is 1. The van der Waals surface area contributed by atoms with Gasteiger partial charge in [0.25, 0.3) is 11.8 Å². The van der Waals surface area contributed by atoms with Crippen molar-refractivity contribution in [3.05, 3.63) is 57.5 Å². The highest BCUT2D eigenvalue weighted by Crippen LogP contribution is 2.26. The normalized spacial score (nSPS) is 10.1. The van der Waals surface area contributed by atoms with Crippen LogP contribution in [-0.4, -0.2) is 43.9 Å². The van der Waals surface area contributed by atoms with Gasteiger partial charge in [-0.3, -0.25) is 25.8 Å². The Hall–Kier alpha value is -2.40. The molecule has 0 aliphatic rings. The molecule has 2 rings (SSSR count). The number of ether oxygens (including phenoxy) is 3. The van der Waals surface area contributed by atoms with Gasteiger partial charge in [0.15, 0.2) is 11.7 Å².